The van der Waals surface area contributed by atoms with E-state index < -0.39 is 51.0 Å². The van der Waals surface area contributed by atoms with Crippen LogP contribution in [0.4, 0.5) is 39.5 Å². The van der Waals surface area contributed by atoms with E-state index in [0.717, 1.165) is 12.1 Å². The van der Waals surface area contributed by atoms with E-state index in [1.807, 2.05) is 0 Å². The van der Waals surface area contributed by atoms with Gasteiger partial charge in [0.1, 0.15) is 0 Å². The van der Waals surface area contributed by atoms with E-state index in [1.54, 1.807) is 6.07 Å². The standard InChI is InChI=1S/C22H14F9S/c1-13-7-14(20(23,24)25)10-18(8-13)32(17-5-3-2-4-6-17)19-11-15(21(26,27)28)9-16(12-19)22(29,30)31/h2-12H,1H3/q+1. The van der Waals surface area contributed by atoms with Crippen molar-refractivity contribution >= 4 is 10.9 Å². The van der Waals surface area contributed by atoms with E-state index >= 15 is 0 Å². The number of hydrogen-bond donors (Lipinski definition) is 0. The quantitative estimate of drug-likeness (QED) is 0.262. The smallest absolute Gasteiger partial charge is 0.166 e. The summed E-state index contributed by atoms with van der Waals surface area (Å²) in [5.41, 5.74) is -3.92. The van der Waals surface area contributed by atoms with E-state index in [9.17, 15) is 39.5 Å². The van der Waals surface area contributed by atoms with Crippen molar-refractivity contribution < 1.29 is 39.5 Å². The maximum atomic E-state index is 13.4. The van der Waals surface area contributed by atoms with E-state index in [-0.39, 0.29) is 21.4 Å². The fourth-order valence-electron chi connectivity index (χ4n) is 3.04. The zero-order valence-electron chi connectivity index (χ0n) is 16.2. The van der Waals surface area contributed by atoms with Crippen LogP contribution in [0.5, 0.6) is 0 Å². The molecule has 32 heavy (non-hydrogen) atoms. The van der Waals surface area contributed by atoms with Gasteiger partial charge in [0.05, 0.1) is 27.6 Å². The van der Waals surface area contributed by atoms with Crippen molar-refractivity contribution in [1.29, 1.82) is 0 Å². The van der Waals surface area contributed by atoms with Crippen molar-refractivity contribution in [3.8, 4) is 0 Å². The lowest BCUT2D eigenvalue weighted by Crippen LogP contribution is -2.15. The molecule has 0 spiro atoms. The molecule has 3 aromatic carbocycles. The van der Waals surface area contributed by atoms with Gasteiger partial charge in [0, 0.05) is 18.2 Å². The van der Waals surface area contributed by atoms with Crippen LogP contribution in [-0.4, -0.2) is 0 Å². The van der Waals surface area contributed by atoms with E-state index in [1.165, 1.54) is 37.3 Å². The summed E-state index contributed by atoms with van der Waals surface area (Å²) in [6.45, 7) is 1.37. The molecule has 0 aliphatic rings. The van der Waals surface area contributed by atoms with Gasteiger partial charge in [-0.25, -0.2) is 0 Å². The summed E-state index contributed by atoms with van der Waals surface area (Å²) in [4.78, 5) is -0.160. The average Bonchev–Trinajstić information content (AvgIpc) is 2.66. The number of benzene rings is 3. The molecule has 0 radical (unpaired) electrons. The molecule has 3 rings (SSSR count). The van der Waals surface area contributed by atoms with Crippen LogP contribution in [-0.2, 0) is 29.4 Å². The highest BCUT2D eigenvalue weighted by atomic mass is 32.2. The second kappa shape index (κ2) is 8.38. The lowest BCUT2D eigenvalue weighted by molar-refractivity contribution is -0.143. The van der Waals surface area contributed by atoms with E-state index in [2.05, 4.69) is 0 Å². The van der Waals surface area contributed by atoms with E-state index in [4.69, 9.17) is 0 Å². The molecular weight excluding hydrogens is 467 g/mol. The minimum Gasteiger partial charge on any atom is -0.166 e. The molecule has 0 aromatic heterocycles. The molecule has 1 unspecified atom stereocenters. The van der Waals surface area contributed by atoms with Gasteiger partial charge in [-0.05, 0) is 42.8 Å². The van der Waals surface area contributed by atoms with Crippen molar-refractivity contribution in [1.82, 2.24) is 0 Å². The van der Waals surface area contributed by atoms with Crippen LogP contribution in [0.3, 0.4) is 0 Å². The highest BCUT2D eigenvalue weighted by Gasteiger charge is 2.41. The minimum absolute atomic E-state index is 0.00653. The fourth-order valence-corrected chi connectivity index (χ4v) is 5.32. The van der Waals surface area contributed by atoms with Crippen molar-refractivity contribution in [3.05, 3.63) is 89.0 Å². The molecule has 0 aliphatic heterocycles. The fraction of sp³-hybridized carbons (Fsp3) is 0.182. The van der Waals surface area contributed by atoms with Gasteiger partial charge < -0.3 is 0 Å². The Labute approximate surface area is 180 Å². The van der Waals surface area contributed by atoms with Gasteiger partial charge in [0.15, 0.2) is 14.7 Å². The van der Waals surface area contributed by atoms with E-state index in [0.29, 0.717) is 12.1 Å². The largest absolute Gasteiger partial charge is 0.416 e. The number of alkyl halides is 9. The third-order valence-corrected chi connectivity index (χ3v) is 6.55. The van der Waals surface area contributed by atoms with Gasteiger partial charge in [-0.2, -0.15) is 39.5 Å². The summed E-state index contributed by atoms with van der Waals surface area (Å²) >= 11 is 0. The Balaban J connectivity index is 2.34. The van der Waals surface area contributed by atoms with Crippen LogP contribution < -0.4 is 0 Å². The number of aryl methyl sites for hydroxylation is 1. The van der Waals surface area contributed by atoms with Crippen molar-refractivity contribution in [2.45, 2.75) is 40.1 Å². The normalized spacial score (nSPS) is 13.8. The molecule has 3 aromatic rings. The first kappa shape index (κ1) is 24.0. The second-order valence-electron chi connectivity index (χ2n) is 6.89. The molecular formula is C22H14F9S+. The van der Waals surface area contributed by atoms with Gasteiger partial charge >= 0.3 is 18.5 Å². The highest BCUT2D eigenvalue weighted by molar-refractivity contribution is 7.97. The Morgan fingerprint density at radius 2 is 0.906 bits per heavy atom. The zero-order valence-corrected chi connectivity index (χ0v) is 17.0. The second-order valence-corrected chi connectivity index (χ2v) is 8.92. The Morgan fingerprint density at radius 1 is 0.500 bits per heavy atom. The molecule has 10 heteroatoms. The zero-order chi connectivity index (χ0) is 23.9. The van der Waals surface area contributed by atoms with Crippen LogP contribution in [0, 0.1) is 6.92 Å². The highest BCUT2D eigenvalue weighted by Crippen LogP contribution is 2.42. The first-order valence-corrected chi connectivity index (χ1v) is 10.2. The van der Waals surface area contributed by atoms with Gasteiger partial charge in [-0.15, -0.1) is 0 Å². The third-order valence-electron chi connectivity index (χ3n) is 4.39. The molecule has 0 N–H and O–H groups in total. The predicted molar refractivity (Wildman–Crippen MR) is 101 cm³/mol. The first-order chi connectivity index (χ1) is 14.7. The summed E-state index contributed by atoms with van der Waals surface area (Å²) in [5.74, 6) is 0. The van der Waals surface area contributed by atoms with Crippen molar-refractivity contribution in [2.75, 3.05) is 0 Å². The number of hydrogen-bond acceptors (Lipinski definition) is 0. The lowest BCUT2D eigenvalue weighted by Gasteiger charge is -2.16. The molecule has 0 bridgehead atoms. The average molecular weight is 481 g/mol. The number of rotatable bonds is 3. The summed E-state index contributed by atoms with van der Waals surface area (Å²) in [7, 11) is -1.66. The summed E-state index contributed by atoms with van der Waals surface area (Å²) in [5, 5.41) is 0. The summed E-state index contributed by atoms with van der Waals surface area (Å²) in [6.07, 6.45) is -14.9. The summed E-state index contributed by atoms with van der Waals surface area (Å²) < 4.78 is 120. The van der Waals surface area contributed by atoms with Crippen LogP contribution in [0.1, 0.15) is 22.3 Å². The Kier molecular flexibility index (Phi) is 6.29. The maximum Gasteiger partial charge on any atom is 0.416 e. The Bertz CT molecular complexity index is 1060. The third kappa shape index (κ3) is 5.40. The Morgan fingerprint density at radius 3 is 1.34 bits per heavy atom. The summed E-state index contributed by atoms with van der Waals surface area (Å²) in [6, 6.07) is 11.6. The molecule has 0 aliphatic carbocycles. The van der Waals surface area contributed by atoms with Crippen LogP contribution in [0.2, 0.25) is 0 Å². The molecule has 0 saturated heterocycles. The molecule has 0 heterocycles. The van der Waals surface area contributed by atoms with Crippen LogP contribution in [0.25, 0.3) is 0 Å². The molecule has 0 nitrogen and oxygen atoms in total. The topological polar surface area (TPSA) is 0 Å². The van der Waals surface area contributed by atoms with Gasteiger partial charge in [-0.1, -0.05) is 18.2 Å². The van der Waals surface area contributed by atoms with Crippen LogP contribution >= 0.6 is 0 Å². The van der Waals surface area contributed by atoms with Gasteiger partial charge in [0.25, 0.3) is 0 Å². The lowest BCUT2D eigenvalue weighted by atomic mass is 10.1. The van der Waals surface area contributed by atoms with Gasteiger partial charge in [-0.3, -0.25) is 0 Å². The molecule has 0 saturated carbocycles. The Hall–Kier alpha value is -2.62. The molecule has 0 fully saturated rings. The van der Waals surface area contributed by atoms with Crippen LogP contribution in [0.15, 0.2) is 81.4 Å². The maximum absolute atomic E-state index is 13.4. The molecule has 170 valence electrons. The minimum atomic E-state index is -5.08. The number of halogens is 9. The molecule has 1 atom stereocenters. The van der Waals surface area contributed by atoms with Crippen molar-refractivity contribution in [2.24, 2.45) is 0 Å². The molecule has 0 amide bonds. The monoisotopic (exact) mass is 481 g/mol. The predicted octanol–water partition coefficient (Wildman–Crippen LogP) is 8.15. The van der Waals surface area contributed by atoms with Crippen molar-refractivity contribution in [3.63, 3.8) is 0 Å². The SMILES string of the molecule is Cc1cc([S+](c2ccccc2)c2cc(C(F)(F)F)cc(C(F)(F)F)c2)cc(C(F)(F)F)c1. The van der Waals surface area contributed by atoms with Gasteiger partial charge in [0.2, 0.25) is 0 Å². The first-order valence-electron chi connectivity index (χ1n) is 8.94.